The molecule has 0 amide bonds. The van der Waals surface area contributed by atoms with E-state index in [1.807, 2.05) is 16.8 Å². The summed E-state index contributed by atoms with van der Waals surface area (Å²) in [6.45, 7) is 2.88. The molecular formula is C14H16ClN5O. The summed E-state index contributed by atoms with van der Waals surface area (Å²) in [7, 11) is 1.60. The van der Waals surface area contributed by atoms with E-state index in [2.05, 4.69) is 26.4 Å². The highest BCUT2D eigenvalue weighted by molar-refractivity contribution is 6.16. The Hall–Kier alpha value is -2.08. The topological polar surface area (TPSA) is 57.8 Å². The summed E-state index contributed by atoms with van der Waals surface area (Å²) in [6, 6.07) is 3.85. The highest BCUT2D eigenvalue weighted by atomic mass is 35.5. The zero-order chi connectivity index (χ0) is 14.8. The normalized spacial score (nSPS) is 12.7. The molecule has 6 nitrogen and oxygen atoms in total. The molecule has 0 spiro atoms. The van der Waals surface area contributed by atoms with Gasteiger partial charge < -0.3 is 13.9 Å². The van der Waals surface area contributed by atoms with Crippen LogP contribution in [-0.4, -0.2) is 31.2 Å². The fourth-order valence-corrected chi connectivity index (χ4v) is 2.64. The molecule has 3 aromatic heterocycles. The van der Waals surface area contributed by atoms with E-state index >= 15 is 0 Å². The predicted octanol–water partition coefficient (Wildman–Crippen LogP) is 2.64. The van der Waals surface area contributed by atoms with Crippen LogP contribution in [0.15, 0.2) is 30.9 Å². The van der Waals surface area contributed by atoms with Gasteiger partial charge in [0.15, 0.2) is 5.65 Å². The van der Waals surface area contributed by atoms with Gasteiger partial charge in [-0.05, 0) is 13.0 Å². The molecule has 0 saturated carbocycles. The first-order valence-corrected chi connectivity index (χ1v) is 7.20. The van der Waals surface area contributed by atoms with Crippen LogP contribution in [0.3, 0.4) is 0 Å². The molecule has 0 saturated heterocycles. The van der Waals surface area contributed by atoms with Gasteiger partial charge in [0.05, 0.1) is 25.4 Å². The van der Waals surface area contributed by atoms with Crippen molar-refractivity contribution >= 4 is 22.8 Å². The molecule has 1 atom stereocenters. The lowest BCUT2D eigenvalue weighted by Crippen LogP contribution is -2.15. The zero-order valence-electron chi connectivity index (χ0n) is 11.9. The van der Waals surface area contributed by atoms with Crippen LogP contribution in [0.25, 0.3) is 11.2 Å². The Bertz CT molecular complexity index is 737. The molecular weight excluding hydrogens is 290 g/mol. The molecule has 0 fully saturated rings. The van der Waals surface area contributed by atoms with Crippen LogP contribution in [0.1, 0.15) is 18.8 Å². The van der Waals surface area contributed by atoms with Crippen LogP contribution in [0, 0.1) is 0 Å². The molecule has 0 radical (unpaired) electrons. The van der Waals surface area contributed by atoms with Crippen molar-refractivity contribution in [1.82, 2.24) is 24.1 Å². The van der Waals surface area contributed by atoms with Crippen molar-refractivity contribution in [1.29, 1.82) is 0 Å². The van der Waals surface area contributed by atoms with Crippen LogP contribution in [0.4, 0.5) is 0 Å². The monoisotopic (exact) mass is 305 g/mol. The maximum Gasteiger partial charge on any atom is 0.215 e. The summed E-state index contributed by atoms with van der Waals surface area (Å²) in [5.41, 5.74) is 1.61. The van der Waals surface area contributed by atoms with Gasteiger partial charge in [-0.25, -0.2) is 9.97 Å². The molecule has 0 aliphatic heterocycles. The van der Waals surface area contributed by atoms with Crippen LogP contribution in [0.2, 0.25) is 0 Å². The van der Waals surface area contributed by atoms with E-state index in [1.54, 1.807) is 25.7 Å². The van der Waals surface area contributed by atoms with Gasteiger partial charge in [-0.3, -0.25) is 0 Å². The molecule has 3 heterocycles. The minimum absolute atomic E-state index is 0.151. The number of hydrogen-bond acceptors (Lipinski definition) is 4. The summed E-state index contributed by atoms with van der Waals surface area (Å²) in [5, 5.41) is 0. The highest BCUT2D eigenvalue weighted by Crippen LogP contribution is 2.24. The molecule has 110 valence electrons. The van der Waals surface area contributed by atoms with Crippen molar-refractivity contribution in [3.05, 3.63) is 36.7 Å². The molecule has 3 rings (SSSR count). The number of ether oxygens (including phenoxy) is 1. The number of alkyl halides is 1. The lowest BCUT2D eigenvalue weighted by Gasteiger charge is -2.17. The SMILES string of the molecule is COc1ccc2nc(CCl)n(C(C)Cn3ccnc3)c2n1. The largest absolute Gasteiger partial charge is 0.481 e. The van der Waals surface area contributed by atoms with Crippen LogP contribution < -0.4 is 4.74 Å². The van der Waals surface area contributed by atoms with Crippen molar-refractivity contribution in [2.24, 2.45) is 0 Å². The van der Waals surface area contributed by atoms with E-state index < -0.39 is 0 Å². The van der Waals surface area contributed by atoms with Crippen molar-refractivity contribution in [3.8, 4) is 5.88 Å². The van der Waals surface area contributed by atoms with E-state index in [-0.39, 0.29) is 6.04 Å². The predicted molar refractivity (Wildman–Crippen MR) is 80.6 cm³/mol. The number of nitrogens with zero attached hydrogens (tertiary/aromatic N) is 5. The van der Waals surface area contributed by atoms with E-state index in [0.717, 1.165) is 23.5 Å². The average Bonchev–Trinajstić information content (AvgIpc) is 3.12. The van der Waals surface area contributed by atoms with Gasteiger partial charge in [0.2, 0.25) is 5.88 Å². The second-order valence-electron chi connectivity index (χ2n) is 4.84. The van der Waals surface area contributed by atoms with E-state index in [4.69, 9.17) is 16.3 Å². The zero-order valence-corrected chi connectivity index (χ0v) is 12.7. The minimum Gasteiger partial charge on any atom is -0.481 e. The van der Waals surface area contributed by atoms with E-state index in [0.29, 0.717) is 11.8 Å². The third-order valence-corrected chi connectivity index (χ3v) is 3.63. The Morgan fingerprint density at radius 2 is 2.19 bits per heavy atom. The first-order chi connectivity index (χ1) is 10.2. The number of methoxy groups -OCH3 is 1. The quantitative estimate of drug-likeness (QED) is 0.680. The smallest absolute Gasteiger partial charge is 0.215 e. The van der Waals surface area contributed by atoms with E-state index in [1.165, 1.54) is 0 Å². The van der Waals surface area contributed by atoms with Gasteiger partial charge in [0.1, 0.15) is 11.3 Å². The molecule has 0 N–H and O–H groups in total. The summed E-state index contributed by atoms with van der Waals surface area (Å²) >= 11 is 6.04. The molecule has 21 heavy (non-hydrogen) atoms. The Morgan fingerprint density at radius 3 is 2.86 bits per heavy atom. The van der Waals surface area contributed by atoms with Gasteiger partial charge in [-0.15, -0.1) is 11.6 Å². The van der Waals surface area contributed by atoms with Crippen molar-refractivity contribution in [2.75, 3.05) is 7.11 Å². The van der Waals surface area contributed by atoms with Gasteiger partial charge in [0.25, 0.3) is 0 Å². The van der Waals surface area contributed by atoms with Crippen LogP contribution in [0.5, 0.6) is 5.88 Å². The maximum atomic E-state index is 6.04. The average molecular weight is 306 g/mol. The number of rotatable bonds is 5. The third-order valence-electron chi connectivity index (χ3n) is 3.39. The minimum atomic E-state index is 0.151. The first-order valence-electron chi connectivity index (χ1n) is 6.66. The first kappa shape index (κ1) is 13.9. The Labute approximate surface area is 127 Å². The van der Waals surface area contributed by atoms with Gasteiger partial charge in [-0.1, -0.05) is 0 Å². The number of halogens is 1. The van der Waals surface area contributed by atoms with Crippen LogP contribution >= 0.6 is 11.6 Å². The fourth-order valence-electron chi connectivity index (χ4n) is 2.46. The molecule has 1 unspecified atom stereocenters. The highest BCUT2D eigenvalue weighted by Gasteiger charge is 2.17. The number of imidazole rings is 2. The maximum absolute atomic E-state index is 6.04. The summed E-state index contributed by atoms with van der Waals surface area (Å²) in [5.74, 6) is 1.71. The summed E-state index contributed by atoms with van der Waals surface area (Å²) < 4.78 is 9.29. The van der Waals surface area contributed by atoms with Gasteiger partial charge in [-0.2, -0.15) is 4.98 Å². The number of fused-ring (bicyclic) bond motifs is 1. The molecule has 0 aliphatic carbocycles. The molecule has 0 aromatic carbocycles. The van der Waals surface area contributed by atoms with Gasteiger partial charge >= 0.3 is 0 Å². The molecule has 7 heteroatoms. The number of aromatic nitrogens is 5. The third kappa shape index (κ3) is 2.58. The standard InChI is InChI=1S/C14H16ClN5O/c1-10(8-19-6-5-16-9-19)20-12(7-15)17-11-3-4-13(21-2)18-14(11)20/h3-6,9-10H,7-8H2,1-2H3. The molecule has 3 aromatic rings. The van der Waals surface area contributed by atoms with Crippen molar-refractivity contribution in [2.45, 2.75) is 25.4 Å². The Balaban J connectivity index is 2.05. The van der Waals surface area contributed by atoms with Gasteiger partial charge in [0, 0.05) is 25.0 Å². The van der Waals surface area contributed by atoms with Crippen molar-refractivity contribution < 1.29 is 4.74 Å². The lowest BCUT2D eigenvalue weighted by atomic mass is 10.3. The summed E-state index contributed by atoms with van der Waals surface area (Å²) in [6.07, 6.45) is 5.50. The molecule has 0 aliphatic rings. The van der Waals surface area contributed by atoms with Crippen LogP contribution in [-0.2, 0) is 12.4 Å². The number of hydrogen-bond donors (Lipinski definition) is 0. The van der Waals surface area contributed by atoms with E-state index in [9.17, 15) is 0 Å². The van der Waals surface area contributed by atoms with Crippen molar-refractivity contribution in [3.63, 3.8) is 0 Å². The Kier molecular flexibility index (Phi) is 3.79. The number of pyridine rings is 1. The second kappa shape index (κ2) is 5.73. The fraction of sp³-hybridized carbons (Fsp3) is 0.357. The lowest BCUT2D eigenvalue weighted by molar-refractivity contribution is 0.397. The Morgan fingerprint density at radius 1 is 1.33 bits per heavy atom. The molecule has 0 bridgehead atoms. The second-order valence-corrected chi connectivity index (χ2v) is 5.10. The summed E-state index contributed by atoms with van der Waals surface area (Å²) in [4.78, 5) is 13.1.